The van der Waals surface area contributed by atoms with Crippen molar-refractivity contribution in [1.82, 2.24) is 14.7 Å². The van der Waals surface area contributed by atoms with Gasteiger partial charge in [-0.3, -0.25) is 0 Å². The lowest BCUT2D eigenvalue weighted by Crippen LogP contribution is -2.36. The minimum absolute atomic E-state index is 0.310. The van der Waals surface area contributed by atoms with Gasteiger partial charge in [0.1, 0.15) is 17.1 Å². The third-order valence-corrected chi connectivity index (χ3v) is 8.06. The first-order valence-electron chi connectivity index (χ1n) is 15.5. The maximum atomic E-state index is 11.6. The second kappa shape index (κ2) is 18.5. The van der Waals surface area contributed by atoms with Crippen molar-refractivity contribution in [3.05, 3.63) is 77.1 Å². The number of pyridine rings is 1. The van der Waals surface area contributed by atoms with Crippen LogP contribution in [0.4, 0.5) is 32.0 Å². The first kappa shape index (κ1) is 42.2. The van der Waals surface area contributed by atoms with E-state index in [1.54, 1.807) is 20.3 Å². The average molecular weight is 777 g/mol. The van der Waals surface area contributed by atoms with Crippen LogP contribution in [0.1, 0.15) is 41.6 Å². The number of imidazole rings is 1. The van der Waals surface area contributed by atoms with Crippen LogP contribution in [0, 0.1) is 0 Å². The molecular weight excluding hydrogens is 742 g/mol. The number of halogens is 7. The van der Waals surface area contributed by atoms with Crippen LogP contribution in [0.15, 0.2) is 60.9 Å². The molecule has 12 nitrogen and oxygen atoms in total. The van der Waals surface area contributed by atoms with Gasteiger partial charge >= 0.3 is 30.3 Å². The van der Waals surface area contributed by atoms with Crippen molar-refractivity contribution in [2.24, 2.45) is 0 Å². The van der Waals surface area contributed by atoms with Gasteiger partial charge in [-0.05, 0) is 55.5 Å². The van der Waals surface area contributed by atoms with Crippen molar-refractivity contribution in [3.8, 4) is 22.8 Å². The molecule has 1 aliphatic rings. The molecule has 5 rings (SSSR count). The third-order valence-electron chi connectivity index (χ3n) is 7.76. The number of benzene rings is 2. The summed E-state index contributed by atoms with van der Waals surface area (Å²) in [4.78, 5) is 34.2. The fourth-order valence-corrected chi connectivity index (χ4v) is 5.32. The van der Waals surface area contributed by atoms with Gasteiger partial charge in [-0.2, -0.15) is 26.3 Å². The quantitative estimate of drug-likeness (QED) is 0.100. The predicted octanol–water partition coefficient (Wildman–Crippen LogP) is 7.24. The Hall–Kier alpha value is -5.23. The molecule has 0 atom stereocenters. The second-order valence-electron chi connectivity index (χ2n) is 11.4. The van der Waals surface area contributed by atoms with E-state index >= 15 is 0 Å². The van der Waals surface area contributed by atoms with Gasteiger partial charge in [0, 0.05) is 54.4 Å². The number of nitrogens with one attached hydrogen (secondary N) is 2. The number of esters is 1. The molecule has 0 aliphatic heterocycles. The molecular formula is C34H35ClF6N4O8. The summed E-state index contributed by atoms with van der Waals surface area (Å²) in [6.07, 6.45) is -1.79. The van der Waals surface area contributed by atoms with Crippen LogP contribution < -0.4 is 20.1 Å². The first-order chi connectivity index (χ1) is 24.9. The molecule has 53 heavy (non-hydrogen) atoms. The van der Waals surface area contributed by atoms with Crippen LogP contribution in [-0.2, 0) is 20.9 Å². The van der Waals surface area contributed by atoms with Gasteiger partial charge in [0.15, 0.2) is 0 Å². The Morgan fingerprint density at radius 2 is 1.40 bits per heavy atom. The van der Waals surface area contributed by atoms with Gasteiger partial charge < -0.3 is 39.5 Å². The number of hydrogen-bond acceptors (Lipinski definition) is 9. The molecule has 0 radical (unpaired) electrons. The molecule has 4 N–H and O–H groups in total. The standard InChI is InChI=1S/C30H33ClN4O4.2C2HF3O2/c1-37-27-16-28(38-2)25(31)15-24(27)26-18-35-13-12-23(14-29(35)34-26)33-22-10-8-21(9-11-22)32-17-19-4-6-20(7-5-19)30(36)39-3;2*3-2(4,5)1(6)7/h4-7,12-16,18,21-22,32-33H,8-11,17H2,1-3H3;2*(H,6,7). The van der Waals surface area contributed by atoms with Gasteiger partial charge in [-0.15, -0.1) is 0 Å². The Kier molecular flexibility index (Phi) is 14.7. The summed E-state index contributed by atoms with van der Waals surface area (Å²) < 4.78 is 81.1. The van der Waals surface area contributed by atoms with E-state index < -0.39 is 24.3 Å². The maximum Gasteiger partial charge on any atom is 0.490 e. The second-order valence-corrected chi connectivity index (χ2v) is 11.8. The molecule has 0 bridgehead atoms. The minimum atomic E-state index is -5.08. The molecule has 1 fully saturated rings. The summed E-state index contributed by atoms with van der Waals surface area (Å²) >= 11 is 6.38. The fraction of sp³-hybridized carbons (Fsp3) is 0.353. The van der Waals surface area contributed by atoms with Crippen molar-refractivity contribution in [1.29, 1.82) is 0 Å². The highest BCUT2D eigenvalue weighted by Gasteiger charge is 2.39. The number of fused-ring (bicyclic) bond motifs is 1. The highest BCUT2D eigenvalue weighted by molar-refractivity contribution is 6.32. The molecule has 1 saturated carbocycles. The van der Waals surface area contributed by atoms with Crippen LogP contribution >= 0.6 is 11.6 Å². The van der Waals surface area contributed by atoms with E-state index in [0.29, 0.717) is 34.2 Å². The number of aromatic nitrogens is 2. The molecule has 0 unspecified atom stereocenters. The molecule has 2 aromatic heterocycles. The van der Waals surface area contributed by atoms with Crippen molar-refractivity contribution >= 4 is 40.8 Å². The maximum absolute atomic E-state index is 11.6. The molecule has 2 aromatic carbocycles. The minimum Gasteiger partial charge on any atom is -0.496 e. The lowest BCUT2D eigenvalue weighted by Gasteiger charge is -2.30. The Balaban J connectivity index is 0.000000458. The number of hydrogen-bond donors (Lipinski definition) is 4. The van der Waals surface area contributed by atoms with E-state index in [9.17, 15) is 31.1 Å². The number of anilines is 1. The zero-order chi connectivity index (χ0) is 39.5. The monoisotopic (exact) mass is 776 g/mol. The van der Waals surface area contributed by atoms with Gasteiger partial charge in [0.2, 0.25) is 0 Å². The summed E-state index contributed by atoms with van der Waals surface area (Å²) in [6.45, 7) is 0.785. The molecule has 0 saturated heterocycles. The first-order valence-corrected chi connectivity index (χ1v) is 15.9. The Morgan fingerprint density at radius 1 is 0.849 bits per heavy atom. The smallest absolute Gasteiger partial charge is 0.490 e. The largest absolute Gasteiger partial charge is 0.496 e. The van der Waals surface area contributed by atoms with E-state index in [1.165, 1.54) is 7.11 Å². The van der Waals surface area contributed by atoms with Crippen molar-refractivity contribution < 1.29 is 65.1 Å². The number of carbonyl (C=O) groups is 3. The molecule has 288 valence electrons. The molecule has 19 heteroatoms. The van der Waals surface area contributed by atoms with Crippen LogP contribution in [0.25, 0.3) is 16.9 Å². The van der Waals surface area contributed by atoms with Crippen LogP contribution in [0.3, 0.4) is 0 Å². The van der Waals surface area contributed by atoms with E-state index in [1.807, 2.05) is 47.1 Å². The number of carboxylic acid groups (broad SMARTS) is 2. The van der Waals surface area contributed by atoms with Gasteiger partial charge in [-0.1, -0.05) is 23.7 Å². The van der Waals surface area contributed by atoms with E-state index in [0.717, 1.165) is 60.4 Å². The number of alkyl halides is 6. The number of aliphatic carboxylic acids is 2. The van der Waals surface area contributed by atoms with Gasteiger partial charge in [-0.25, -0.2) is 19.4 Å². The number of rotatable bonds is 9. The van der Waals surface area contributed by atoms with Crippen LogP contribution in [0.5, 0.6) is 11.5 Å². The Labute approximate surface area is 303 Å². The number of nitrogens with zero attached hydrogens (tertiary/aromatic N) is 2. The predicted molar refractivity (Wildman–Crippen MR) is 180 cm³/mol. The third kappa shape index (κ3) is 12.5. The Bertz CT molecular complexity index is 1840. The fourth-order valence-electron chi connectivity index (χ4n) is 5.08. The summed E-state index contributed by atoms with van der Waals surface area (Å²) in [7, 11) is 4.60. The summed E-state index contributed by atoms with van der Waals surface area (Å²) in [5.41, 5.74) is 5.22. The van der Waals surface area contributed by atoms with Crippen LogP contribution in [0.2, 0.25) is 5.02 Å². The van der Waals surface area contributed by atoms with E-state index in [2.05, 4.69) is 22.8 Å². The molecule has 0 spiro atoms. The molecule has 4 aromatic rings. The lowest BCUT2D eigenvalue weighted by molar-refractivity contribution is -0.193. The van der Waals surface area contributed by atoms with Crippen LogP contribution in [-0.4, -0.2) is 83.3 Å². The van der Waals surface area contributed by atoms with Crippen molar-refractivity contribution in [2.45, 2.75) is 56.7 Å². The number of methoxy groups -OCH3 is 3. The number of ether oxygens (including phenoxy) is 3. The van der Waals surface area contributed by atoms with Crippen molar-refractivity contribution in [2.75, 3.05) is 26.6 Å². The Morgan fingerprint density at radius 3 is 1.91 bits per heavy atom. The number of carbonyl (C=O) groups excluding carboxylic acids is 1. The molecule has 1 aliphatic carbocycles. The molecule has 2 heterocycles. The zero-order valence-corrected chi connectivity index (χ0v) is 29.1. The SMILES string of the molecule is COC(=O)c1ccc(CNC2CCC(Nc3ccn4cc(-c5cc(Cl)c(OC)cc5OC)nc4c3)CC2)cc1.O=C(O)C(F)(F)F.O=C(O)C(F)(F)F. The zero-order valence-electron chi connectivity index (χ0n) is 28.3. The average Bonchev–Trinajstić information content (AvgIpc) is 3.54. The topological polar surface area (TPSA) is 161 Å². The highest BCUT2D eigenvalue weighted by atomic mass is 35.5. The highest BCUT2D eigenvalue weighted by Crippen LogP contribution is 2.38. The van der Waals surface area contributed by atoms with E-state index in [-0.39, 0.29) is 5.97 Å². The van der Waals surface area contributed by atoms with Crippen molar-refractivity contribution in [3.63, 3.8) is 0 Å². The lowest BCUT2D eigenvalue weighted by atomic mass is 9.91. The van der Waals surface area contributed by atoms with Gasteiger partial charge in [0.25, 0.3) is 0 Å². The van der Waals surface area contributed by atoms with E-state index in [4.69, 9.17) is 50.6 Å². The number of carboxylic acids is 2. The molecule has 0 amide bonds. The summed E-state index contributed by atoms with van der Waals surface area (Å²) in [6, 6.07) is 16.2. The summed E-state index contributed by atoms with van der Waals surface area (Å²) in [5.74, 6) is -4.61. The normalized spacial score (nSPS) is 15.6. The van der Waals surface area contributed by atoms with Gasteiger partial charge in [0.05, 0.1) is 37.6 Å². The summed E-state index contributed by atoms with van der Waals surface area (Å²) in [5, 5.41) is 22.1.